The van der Waals surface area contributed by atoms with Crippen LogP contribution >= 0.6 is 0 Å². The third kappa shape index (κ3) is 1.82. The van der Waals surface area contributed by atoms with Crippen molar-refractivity contribution in [1.82, 2.24) is 9.78 Å². The van der Waals surface area contributed by atoms with Gasteiger partial charge in [0, 0.05) is 6.04 Å². The number of nitrogens with two attached hydrogens (primary N) is 1. The van der Waals surface area contributed by atoms with E-state index in [-0.39, 0.29) is 11.9 Å². The fourth-order valence-corrected chi connectivity index (χ4v) is 2.75. The first-order valence-electron chi connectivity index (χ1n) is 6.13. The van der Waals surface area contributed by atoms with Gasteiger partial charge in [0.15, 0.2) is 0 Å². The molecule has 0 amide bonds. The quantitative estimate of drug-likeness (QED) is 0.822. The first-order chi connectivity index (χ1) is 8.25. The Morgan fingerprint density at radius 1 is 1.35 bits per heavy atom. The molecule has 2 unspecified atom stereocenters. The van der Waals surface area contributed by atoms with Gasteiger partial charge in [0.25, 0.3) is 0 Å². The zero-order valence-electron chi connectivity index (χ0n) is 9.64. The van der Waals surface area contributed by atoms with Crippen LogP contribution in [0.1, 0.15) is 31.7 Å². The molecule has 1 heterocycles. The number of hydrogen-bond acceptors (Lipinski definition) is 2. The molecule has 3 rings (SSSR count). The van der Waals surface area contributed by atoms with Crippen LogP contribution in [-0.2, 0) is 0 Å². The Hall–Kier alpha value is -1.42. The molecule has 0 spiro atoms. The van der Waals surface area contributed by atoms with E-state index in [0.717, 1.165) is 31.2 Å². The minimum atomic E-state index is -0.200. The number of aromatic nitrogens is 2. The SMILES string of the molecule is NC1CCCC(n2ncc3c(F)cccc32)C1. The maximum Gasteiger partial charge on any atom is 0.134 e. The molecule has 1 saturated carbocycles. The highest BCUT2D eigenvalue weighted by Gasteiger charge is 2.22. The molecule has 3 nitrogen and oxygen atoms in total. The summed E-state index contributed by atoms with van der Waals surface area (Å²) < 4.78 is 15.5. The van der Waals surface area contributed by atoms with Crippen molar-refractivity contribution in [2.75, 3.05) is 0 Å². The summed E-state index contributed by atoms with van der Waals surface area (Å²) in [6.07, 6.45) is 5.85. The van der Waals surface area contributed by atoms with E-state index < -0.39 is 0 Å². The highest BCUT2D eigenvalue weighted by molar-refractivity contribution is 5.79. The topological polar surface area (TPSA) is 43.8 Å². The number of fused-ring (bicyclic) bond motifs is 1. The number of rotatable bonds is 1. The van der Waals surface area contributed by atoms with E-state index in [4.69, 9.17) is 5.73 Å². The molecule has 4 heteroatoms. The van der Waals surface area contributed by atoms with Crippen LogP contribution < -0.4 is 5.73 Å². The molecule has 1 aromatic carbocycles. The lowest BCUT2D eigenvalue weighted by Gasteiger charge is -2.27. The first-order valence-corrected chi connectivity index (χ1v) is 6.13. The second-order valence-corrected chi connectivity index (χ2v) is 4.84. The van der Waals surface area contributed by atoms with E-state index in [1.165, 1.54) is 6.07 Å². The second-order valence-electron chi connectivity index (χ2n) is 4.84. The van der Waals surface area contributed by atoms with Crippen LogP contribution in [0.25, 0.3) is 10.9 Å². The predicted octanol–water partition coefficient (Wildman–Crippen LogP) is 2.62. The van der Waals surface area contributed by atoms with Gasteiger partial charge in [-0.1, -0.05) is 6.07 Å². The zero-order chi connectivity index (χ0) is 11.8. The molecule has 1 aliphatic rings. The van der Waals surface area contributed by atoms with Crippen LogP contribution in [0.15, 0.2) is 24.4 Å². The molecule has 1 fully saturated rings. The van der Waals surface area contributed by atoms with Crippen molar-refractivity contribution in [2.45, 2.75) is 37.8 Å². The summed E-state index contributed by atoms with van der Waals surface area (Å²) in [5, 5.41) is 4.94. The Bertz CT molecular complexity index is 534. The van der Waals surface area contributed by atoms with Gasteiger partial charge in [-0.15, -0.1) is 0 Å². The van der Waals surface area contributed by atoms with Crippen LogP contribution in [0, 0.1) is 5.82 Å². The monoisotopic (exact) mass is 233 g/mol. The molecular formula is C13H16FN3. The fourth-order valence-electron chi connectivity index (χ4n) is 2.75. The highest BCUT2D eigenvalue weighted by Crippen LogP contribution is 2.30. The highest BCUT2D eigenvalue weighted by atomic mass is 19.1. The smallest absolute Gasteiger partial charge is 0.134 e. The average molecular weight is 233 g/mol. The second kappa shape index (κ2) is 4.11. The van der Waals surface area contributed by atoms with Crippen LogP contribution in [0.3, 0.4) is 0 Å². The normalized spacial score (nSPS) is 25.3. The number of benzene rings is 1. The lowest BCUT2D eigenvalue weighted by Crippen LogP contribution is -2.29. The molecule has 0 radical (unpaired) electrons. The van der Waals surface area contributed by atoms with Crippen molar-refractivity contribution >= 4 is 10.9 Å². The lowest BCUT2D eigenvalue weighted by molar-refractivity contribution is 0.307. The van der Waals surface area contributed by atoms with Gasteiger partial charge in [-0.3, -0.25) is 4.68 Å². The van der Waals surface area contributed by atoms with E-state index >= 15 is 0 Å². The molecule has 1 aliphatic carbocycles. The number of hydrogen-bond donors (Lipinski definition) is 1. The summed E-state index contributed by atoms with van der Waals surface area (Å²) in [5.74, 6) is -0.200. The largest absolute Gasteiger partial charge is 0.328 e. The van der Waals surface area contributed by atoms with Crippen LogP contribution in [0.5, 0.6) is 0 Å². The van der Waals surface area contributed by atoms with Crippen molar-refractivity contribution < 1.29 is 4.39 Å². The fraction of sp³-hybridized carbons (Fsp3) is 0.462. The van der Waals surface area contributed by atoms with E-state index in [1.807, 2.05) is 10.7 Å². The molecule has 0 bridgehead atoms. The summed E-state index contributed by atoms with van der Waals surface area (Å²) in [6.45, 7) is 0. The minimum Gasteiger partial charge on any atom is -0.328 e. The Labute approximate surface area is 99.4 Å². The molecule has 17 heavy (non-hydrogen) atoms. The maximum absolute atomic E-state index is 13.6. The molecule has 2 N–H and O–H groups in total. The summed E-state index contributed by atoms with van der Waals surface area (Å²) in [5.41, 5.74) is 6.87. The van der Waals surface area contributed by atoms with Crippen molar-refractivity contribution in [1.29, 1.82) is 0 Å². The average Bonchev–Trinajstić information content (AvgIpc) is 2.74. The number of halogens is 1. The summed E-state index contributed by atoms with van der Waals surface area (Å²) in [7, 11) is 0. The Kier molecular flexibility index (Phi) is 2.59. The molecule has 2 aromatic rings. The van der Waals surface area contributed by atoms with Gasteiger partial charge in [0.2, 0.25) is 0 Å². The molecule has 0 aliphatic heterocycles. The molecule has 2 atom stereocenters. The molecule has 0 saturated heterocycles. The predicted molar refractivity (Wildman–Crippen MR) is 65.2 cm³/mol. The third-order valence-corrected chi connectivity index (χ3v) is 3.62. The van der Waals surface area contributed by atoms with Crippen molar-refractivity contribution in [3.63, 3.8) is 0 Å². The van der Waals surface area contributed by atoms with Gasteiger partial charge in [0.05, 0.1) is 23.1 Å². The van der Waals surface area contributed by atoms with Gasteiger partial charge in [-0.25, -0.2) is 4.39 Å². The van der Waals surface area contributed by atoms with Crippen LogP contribution in [0.2, 0.25) is 0 Å². The summed E-state index contributed by atoms with van der Waals surface area (Å²) >= 11 is 0. The van der Waals surface area contributed by atoms with E-state index in [9.17, 15) is 4.39 Å². The van der Waals surface area contributed by atoms with Gasteiger partial charge in [-0.2, -0.15) is 5.10 Å². The standard InChI is InChI=1S/C13H16FN3/c14-12-5-2-6-13-11(12)8-16-17(13)10-4-1-3-9(15)7-10/h2,5-6,8-10H,1,3-4,7,15H2. The van der Waals surface area contributed by atoms with Crippen molar-refractivity contribution in [2.24, 2.45) is 5.73 Å². The van der Waals surface area contributed by atoms with Gasteiger partial charge in [-0.05, 0) is 37.8 Å². The Morgan fingerprint density at radius 3 is 3.06 bits per heavy atom. The Balaban J connectivity index is 2.02. The van der Waals surface area contributed by atoms with Gasteiger partial charge < -0.3 is 5.73 Å². The minimum absolute atomic E-state index is 0.200. The summed E-state index contributed by atoms with van der Waals surface area (Å²) in [6, 6.07) is 5.70. The van der Waals surface area contributed by atoms with E-state index in [0.29, 0.717) is 11.4 Å². The Morgan fingerprint density at radius 2 is 2.24 bits per heavy atom. The summed E-state index contributed by atoms with van der Waals surface area (Å²) in [4.78, 5) is 0. The van der Waals surface area contributed by atoms with Gasteiger partial charge >= 0.3 is 0 Å². The molecular weight excluding hydrogens is 217 g/mol. The van der Waals surface area contributed by atoms with Crippen molar-refractivity contribution in [3.05, 3.63) is 30.2 Å². The van der Waals surface area contributed by atoms with Crippen LogP contribution in [0.4, 0.5) is 4.39 Å². The van der Waals surface area contributed by atoms with E-state index in [1.54, 1.807) is 12.3 Å². The van der Waals surface area contributed by atoms with Gasteiger partial charge in [0.1, 0.15) is 5.82 Å². The third-order valence-electron chi connectivity index (χ3n) is 3.62. The molecule has 1 aromatic heterocycles. The first kappa shape index (κ1) is 10.7. The van der Waals surface area contributed by atoms with E-state index in [2.05, 4.69) is 5.10 Å². The molecule has 90 valence electrons. The maximum atomic E-state index is 13.6. The zero-order valence-corrected chi connectivity index (χ0v) is 9.64. The van der Waals surface area contributed by atoms with Crippen LogP contribution in [-0.4, -0.2) is 15.8 Å². The number of nitrogens with zero attached hydrogens (tertiary/aromatic N) is 2. The van der Waals surface area contributed by atoms with Crippen molar-refractivity contribution in [3.8, 4) is 0 Å². The lowest BCUT2D eigenvalue weighted by atomic mass is 9.91.